The van der Waals surface area contributed by atoms with Crippen molar-refractivity contribution >= 4 is 23.3 Å². The number of aromatic nitrogens is 3. The van der Waals surface area contributed by atoms with Crippen LogP contribution in [0.3, 0.4) is 0 Å². The molecule has 208 valence electrons. The first-order valence-corrected chi connectivity index (χ1v) is 12.3. The number of Topliss-reactive ketones (excluding diaryl/α,β-unsaturated/α-hetero) is 1. The summed E-state index contributed by atoms with van der Waals surface area (Å²) in [5.41, 5.74) is -2.03. The molecule has 0 aliphatic heterocycles. The van der Waals surface area contributed by atoms with Gasteiger partial charge in [-0.3, -0.25) is 14.2 Å². The monoisotopic (exact) mass is 574 g/mol. The highest BCUT2D eigenvalue weighted by molar-refractivity contribution is 6.30. The maximum Gasteiger partial charge on any atom is 0.416 e. The molecule has 1 heterocycles. The second-order valence-electron chi connectivity index (χ2n) is 9.54. The Morgan fingerprint density at radius 2 is 1.55 bits per heavy atom. The zero-order chi connectivity index (χ0) is 29.2. The van der Waals surface area contributed by atoms with Gasteiger partial charge in [-0.1, -0.05) is 23.7 Å². The summed E-state index contributed by atoms with van der Waals surface area (Å²) in [4.78, 5) is 39.1. The minimum Gasteiger partial charge on any atom is -0.346 e. The normalized spacial score (nSPS) is 11.9. The number of ketones is 1. The van der Waals surface area contributed by atoms with Crippen LogP contribution in [0.15, 0.2) is 77.6 Å². The molecular weight excluding hydrogens is 552 g/mol. The van der Waals surface area contributed by atoms with Gasteiger partial charge in [-0.15, -0.1) is 5.10 Å². The number of hydrogen-bond acceptors (Lipinski definition) is 4. The van der Waals surface area contributed by atoms with Gasteiger partial charge in [-0.2, -0.15) is 13.2 Å². The molecule has 7 nitrogen and oxygen atoms in total. The molecule has 0 unspecified atom stereocenters. The number of rotatable bonds is 8. The smallest absolute Gasteiger partial charge is 0.346 e. The maximum absolute atomic E-state index is 13.3. The van der Waals surface area contributed by atoms with Crippen molar-refractivity contribution in [3.05, 3.63) is 111 Å². The average molecular weight is 575 g/mol. The number of carbonyl (C=O) groups is 2. The summed E-state index contributed by atoms with van der Waals surface area (Å²) < 4.78 is 54.8. The van der Waals surface area contributed by atoms with Gasteiger partial charge in [-0.25, -0.2) is 13.9 Å². The molecule has 0 aliphatic rings. The average Bonchev–Trinajstić information content (AvgIpc) is 3.18. The van der Waals surface area contributed by atoms with Gasteiger partial charge in [0.05, 0.1) is 17.6 Å². The third-order valence-corrected chi connectivity index (χ3v) is 6.40. The predicted octanol–water partition coefficient (Wildman–Crippen LogP) is 5.46. The Morgan fingerprint density at radius 3 is 2.17 bits per heavy atom. The molecule has 4 aromatic rings. The molecule has 1 aromatic heterocycles. The summed E-state index contributed by atoms with van der Waals surface area (Å²) in [6, 6.07) is 15.7. The zero-order valence-corrected chi connectivity index (χ0v) is 22.1. The largest absolute Gasteiger partial charge is 0.416 e. The lowest BCUT2D eigenvalue weighted by Crippen LogP contribution is -2.44. The van der Waals surface area contributed by atoms with Crippen LogP contribution in [0.1, 0.15) is 35.3 Å². The van der Waals surface area contributed by atoms with E-state index in [1.165, 1.54) is 38.1 Å². The van der Waals surface area contributed by atoms with Crippen LogP contribution in [0.5, 0.6) is 0 Å². The van der Waals surface area contributed by atoms with Crippen molar-refractivity contribution in [2.24, 2.45) is 0 Å². The Morgan fingerprint density at radius 1 is 0.925 bits per heavy atom. The van der Waals surface area contributed by atoms with Crippen LogP contribution in [-0.2, 0) is 29.6 Å². The molecule has 1 N–H and O–H groups in total. The quantitative estimate of drug-likeness (QED) is 0.224. The Balaban J connectivity index is 1.62. The Kier molecular flexibility index (Phi) is 7.97. The summed E-state index contributed by atoms with van der Waals surface area (Å²) in [6.45, 7) is 2.05. The van der Waals surface area contributed by atoms with Crippen molar-refractivity contribution in [3.63, 3.8) is 0 Å². The number of nitrogens with one attached hydrogen (secondary N) is 1. The van der Waals surface area contributed by atoms with Crippen LogP contribution in [0.4, 0.5) is 17.6 Å². The van der Waals surface area contributed by atoms with Gasteiger partial charge in [0.1, 0.15) is 12.4 Å². The predicted molar refractivity (Wildman–Crippen MR) is 140 cm³/mol. The van der Waals surface area contributed by atoms with Crippen molar-refractivity contribution in [3.8, 4) is 11.4 Å². The number of alkyl halides is 3. The summed E-state index contributed by atoms with van der Waals surface area (Å²) in [7, 11) is 0. The summed E-state index contributed by atoms with van der Waals surface area (Å²) >= 11 is 5.97. The van der Waals surface area contributed by atoms with E-state index in [2.05, 4.69) is 10.4 Å². The molecular formula is C28H23ClF4N4O3. The Labute approximate surface area is 231 Å². The molecule has 0 aliphatic carbocycles. The molecule has 0 radical (unpaired) electrons. The summed E-state index contributed by atoms with van der Waals surface area (Å²) in [5.74, 6) is -1.63. The first-order valence-electron chi connectivity index (χ1n) is 12.0. The molecule has 0 saturated heterocycles. The van der Waals surface area contributed by atoms with Crippen molar-refractivity contribution < 1.29 is 27.2 Å². The molecule has 1 amide bonds. The minimum absolute atomic E-state index is 0.0852. The SMILES string of the molecule is CC(C)(NC(=O)Cn1nc(-c2ccc(Cl)cc2)n(CC(=O)c2ccc(F)cc2)c1=O)c1cccc(C(F)(F)F)c1. The Bertz CT molecular complexity index is 1610. The Hall–Kier alpha value is -4.25. The molecule has 4 rings (SSSR count). The van der Waals surface area contributed by atoms with Crippen LogP contribution in [-0.4, -0.2) is 26.0 Å². The number of amides is 1. The van der Waals surface area contributed by atoms with E-state index < -0.39 is 53.6 Å². The number of nitrogens with zero attached hydrogens (tertiary/aromatic N) is 3. The van der Waals surface area contributed by atoms with Gasteiger partial charge in [0, 0.05) is 16.1 Å². The van der Waals surface area contributed by atoms with Gasteiger partial charge >= 0.3 is 11.9 Å². The molecule has 3 aromatic carbocycles. The minimum atomic E-state index is -4.56. The fourth-order valence-electron chi connectivity index (χ4n) is 4.05. The zero-order valence-electron chi connectivity index (χ0n) is 21.3. The first-order chi connectivity index (χ1) is 18.7. The lowest BCUT2D eigenvalue weighted by molar-refractivity contribution is -0.137. The first kappa shape index (κ1) is 28.8. The molecule has 0 spiro atoms. The number of halogens is 5. The number of benzene rings is 3. The second-order valence-corrected chi connectivity index (χ2v) is 9.98. The third kappa shape index (κ3) is 6.48. The van der Waals surface area contributed by atoms with E-state index in [4.69, 9.17) is 11.6 Å². The van der Waals surface area contributed by atoms with E-state index in [1.54, 1.807) is 24.3 Å². The molecule has 40 heavy (non-hydrogen) atoms. The van der Waals surface area contributed by atoms with E-state index in [9.17, 15) is 31.9 Å². The summed E-state index contributed by atoms with van der Waals surface area (Å²) in [5, 5.41) is 7.33. The molecule has 0 fully saturated rings. The summed E-state index contributed by atoms with van der Waals surface area (Å²) in [6.07, 6.45) is -4.56. The van der Waals surface area contributed by atoms with E-state index >= 15 is 0 Å². The topological polar surface area (TPSA) is 86.0 Å². The van der Waals surface area contributed by atoms with Crippen molar-refractivity contribution in [2.75, 3.05) is 0 Å². The lowest BCUT2D eigenvalue weighted by Gasteiger charge is -2.27. The van der Waals surface area contributed by atoms with Crippen molar-refractivity contribution in [1.29, 1.82) is 0 Å². The van der Waals surface area contributed by atoms with Crippen LogP contribution in [0.2, 0.25) is 5.02 Å². The maximum atomic E-state index is 13.3. The van der Waals surface area contributed by atoms with Crippen LogP contribution < -0.4 is 11.0 Å². The van der Waals surface area contributed by atoms with Crippen LogP contribution in [0.25, 0.3) is 11.4 Å². The third-order valence-electron chi connectivity index (χ3n) is 6.15. The van der Waals surface area contributed by atoms with Gasteiger partial charge in [-0.05, 0) is 80.1 Å². The van der Waals surface area contributed by atoms with Gasteiger partial charge in [0.25, 0.3) is 0 Å². The number of hydrogen-bond donors (Lipinski definition) is 1. The van der Waals surface area contributed by atoms with E-state index in [1.807, 2.05) is 0 Å². The van der Waals surface area contributed by atoms with Gasteiger partial charge < -0.3 is 5.32 Å². The lowest BCUT2D eigenvalue weighted by atomic mass is 9.92. The van der Waals surface area contributed by atoms with E-state index in [0.717, 1.165) is 33.5 Å². The highest BCUT2D eigenvalue weighted by Gasteiger charge is 2.33. The number of carbonyl (C=O) groups excluding carboxylic acids is 2. The van der Waals surface area contributed by atoms with E-state index in [0.29, 0.717) is 10.6 Å². The fraction of sp³-hybridized carbons (Fsp3) is 0.214. The van der Waals surface area contributed by atoms with Crippen molar-refractivity contribution in [2.45, 2.75) is 38.7 Å². The molecule has 12 heteroatoms. The molecule has 0 bridgehead atoms. The van der Waals surface area contributed by atoms with Gasteiger partial charge in [0.2, 0.25) is 5.91 Å². The van der Waals surface area contributed by atoms with Crippen LogP contribution >= 0.6 is 11.6 Å². The second kappa shape index (κ2) is 11.1. The highest BCUT2D eigenvalue weighted by atomic mass is 35.5. The molecule has 0 atom stereocenters. The van der Waals surface area contributed by atoms with Crippen LogP contribution in [0, 0.1) is 5.82 Å². The van der Waals surface area contributed by atoms with Gasteiger partial charge in [0.15, 0.2) is 11.6 Å². The highest BCUT2D eigenvalue weighted by Crippen LogP contribution is 2.32. The standard InChI is InChI=1S/C28H23ClF4N4O3/c1-27(2,19-4-3-5-20(14-19)28(31,32)33)34-24(39)16-37-26(40)36(15-23(38)17-8-12-22(30)13-9-17)25(35-37)18-6-10-21(29)11-7-18/h3-14H,15-16H2,1-2H3,(H,34,39). The molecule has 0 saturated carbocycles. The van der Waals surface area contributed by atoms with E-state index in [-0.39, 0.29) is 17.0 Å². The fourth-order valence-corrected chi connectivity index (χ4v) is 4.18. The van der Waals surface area contributed by atoms with Crippen molar-refractivity contribution in [1.82, 2.24) is 19.7 Å².